The smallest absolute Gasteiger partial charge is 0.268 e. The van der Waals surface area contributed by atoms with Gasteiger partial charge in [0.1, 0.15) is 22.9 Å². The van der Waals surface area contributed by atoms with Gasteiger partial charge in [0, 0.05) is 26.7 Å². The fraction of sp³-hybridized carbons (Fsp3) is 0.269. The van der Waals surface area contributed by atoms with E-state index in [9.17, 15) is 21.6 Å². The third kappa shape index (κ3) is 6.44. The van der Waals surface area contributed by atoms with Crippen molar-refractivity contribution < 1.29 is 31.1 Å². The predicted molar refractivity (Wildman–Crippen MR) is 144 cm³/mol. The largest absolute Gasteiger partial charge is 0.497 e. The molecule has 38 heavy (non-hydrogen) atoms. The van der Waals surface area contributed by atoms with E-state index >= 15 is 0 Å². The lowest BCUT2D eigenvalue weighted by atomic mass is 10.2. The maximum absolute atomic E-state index is 13.8. The maximum atomic E-state index is 13.8. The molecule has 0 aromatic heterocycles. The van der Waals surface area contributed by atoms with Gasteiger partial charge in [0.25, 0.3) is 10.0 Å². The molecular formula is C26H31N3O7S2. The molecule has 12 heteroatoms. The number of amides is 1. The summed E-state index contributed by atoms with van der Waals surface area (Å²) in [6.45, 7) is 1.32. The van der Waals surface area contributed by atoms with Crippen molar-refractivity contribution in [3.63, 3.8) is 0 Å². The highest BCUT2D eigenvalue weighted by Crippen LogP contribution is 2.32. The van der Waals surface area contributed by atoms with Crippen molar-refractivity contribution in [2.45, 2.75) is 23.3 Å². The first kappa shape index (κ1) is 29.0. The topological polar surface area (TPSA) is 122 Å². The molecule has 0 heterocycles. The zero-order valence-electron chi connectivity index (χ0n) is 21.8. The van der Waals surface area contributed by atoms with Crippen molar-refractivity contribution in [1.29, 1.82) is 0 Å². The highest BCUT2D eigenvalue weighted by atomic mass is 32.2. The van der Waals surface area contributed by atoms with Gasteiger partial charge in [-0.05, 0) is 54.4 Å². The monoisotopic (exact) mass is 561 g/mol. The molecular weight excluding hydrogens is 530 g/mol. The molecule has 3 rings (SSSR count). The molecule has 204 valence electrons. The van der Waals surface area contributed by atoms with Crippen LogP contribution < -0.4 is 19.1 Å². The summed E-state index contributed by atoms with van der Waals surface area (Å²) in [5.74, 6) is 0.0109. The minimum atomic E-state index is -4.23. The SMILES string of the molecule is COc1cccc(N(CC(=O)NCc2ccc(S(=O)(=O)N(C)C)cc2)S(=O)(=O)c2cc(C)ccc2OC)c1. The van der Waals surface area contributed by atoms with Gasteiger partial charge in [-0.15, -0.1) is 0 Å². The molecule has 3 aromatic carbocycles. The summed E-state index contributed by atoms with van der Waals surface area (Å²) < 4.78 is 64.8. The summed E-state index contributed by atoms with van der Waals surface area (Å²) in [4.78, 5) is 13.0. The lowest BCUT2D eigenvalue weighted by Crippen LogP contribution is -2.40. The Morgan fingerprint density at radius 2 is 1.55 bits per heavy atom. The maximum Gasteiger partial charge on any atom is 0.268 e. The second-order valence-corrected chi connectivity index (χ2v) is 12.6. The van der Waals surface area contributed by atoms with Crippen LogP contribution in [0.3, 0.4) is 0 Å². The van der Waals surface area contributed by atoms with Crippen molar-refractivity contribution in [3.8, 4) is 11.5 Å². The van der Waals surface area contributed by atoms with Crippen LogP contribution in [-0.4, -0.2) is 61.9 Å². The number of rotatable bonds is 11. The summed E-state index contributed by atoms with van der Waals surface area (Å²) >= 11 is 0. The number of methoxy groups -OCH3 is 2. The van der Waals surface area contributed by atoms with Crippen molar-refractivity contribution in [1.82, 2.24) is 9.62 Å². The van der Waals surface area contributed by atoms with E-state index in [4.69, 9.17) is 9.47 Å². The molecule has 0 aliphatic carbocycles. The first-order valence-corrected chi connectivity index (χ1v) is 14.4. The Morgan fingerprint density at radius 3 is 2.16 bits per heavy atom. The van der Waals surface area contributed by atoms with Crippen LogP contribution in [0, 0.1) is 6.92 Å². The summed E-state index contributed by atoms with van der Waals surface area (Å²) in [5.41, 5.74) is 1.59. The number of anilines is 1. The average Bonchev–Trinajstić information content (AvgIpc) is 2.90. The Balaban J connectivity index is 1.88. The number of sulfonamides is 2. The van der Waals surface area contributed by atoms with Crippen LogP contribution in [0.1, 0.15) is 11.1 Å². The number of nitrogens with zero attached hydrogens (tertiary/aromatic N) is 2. The predicted octanol–water partition coefficient (Wildman–Crippen LogP) is 2.77. The summed E-state index contributed by atoms with van der Waals surface area (Å²) in [6, 6.07) is 17.3. The molecule has 0 fully saturated rings. The minimum Gasteiger partial charge on any atom is -0.497 e. The molecule has 3 aromatic rings. The van der Waals surface area contributed by atoms with E-state index in [1.807, 2.05) is 0 Å². The van der Waals surface area contributed by atoms with Crippen molar-refractivity contribution in [3.05, 3.63) is 77.9 Å². The van der Waals surface area contributed by atoms with E-state index < -0.39 is 32.5 Å². The molecule has 1 N–H and O–H groups in total. The van der Waals surface area contributed by atoms with Crippen LogP contribution in [-0.2, 0) is 31.4 Å². The third-order valence-corrected chi connectivity index (χ3v) is 9.33. The molecule has 10 nitrogen and oxygen atoms in total. The van der Waals surface area contributed by atoms with Crippen LogP contribution >= 0.6 is 0 Å². The Kier molecular flexibility index (Phi) is 9.02. The van der Waals surface area contributed by atoms with Crippen LogP contribution in [0.15, 0.2) is 76.5 Å². The molecule has 0 unspecified atom stereocenters. The van der Waals surface area contributed by atoms with Crippen molar-refractivity contribution >= 4 is 31.6 Å². The fourth-order valence-corrected chi connectivity index (χ4v) is 6.12. The molecule has 1 amide bonds. The number of nitrogens with one attached hydrogen (secondary N) is 1. The second kappa shape index (κ2) is 11.8. The van der Waals surface area contributed by atoms with Gasteiger partial charge in [-0.25, -0.2) is 21.1 Å². The van der Waals surface area contributed by atoms with E-state index in [1.165, 1.54) is 52.6 Å². The van der Waals surface area contributed by atoms with Crippen LogP contribution in [0.25, 0.3) is 0 Å². The van der Waals surface area contributed by atoms with Crippen LogP contribution in [0.4, 0.5) is 5.69 Å². The number of carbonyl (C=O) groups excluding carboxylic acids is 1. The number of hydrogen-bond acceptors (Lipinski definition) is 7. The van der Waals surface area contributed by atoms with Gasteiger partial charge in [-0.1, -0.05) is 24.3 Å². The summed E-state index contributed by atoms with van der Waals surface area (Å²) in [5, 5.41) is 2.70. The molecule has 0 spiro atoms. The highest BCUT2D eigenvalue weighted by Gasteiger charge is 2.30. The van der Waals surface area contributed by atoms with Gasteiger partial charge in [0.15, 0.2) is 0 Å². The first-order valence-electron chi connectivity index (χ1n) is 11.5. The Morgan fingerprint density at radius 1 is 0.868 bits per heavy atom. The molecule has 0 bridgehead atoms. The molecule has 0 saturated heterocycles. The standard InChI is InChI=1S/C26H31N3O7S2/c1-19-9-14-24(36-5)25(15-19)38(33,34)29(21-7-6-8-22(16-21)35-4)18-26(30)27-17-20-10-12-23(13-11-20)37(31,32)28(2)3/h6-16H,17-18H2,1-5H3,(H,27,30). The number of ether oxygens (including phenoxy) is 2. The number of benzene rings is 3. The second-order valence-electron chi connectivity index (χ2n) is 8.58. The molecule has 0 radical (unpaired) electrons. The Bertz CT molecular complexity index is 1500. The third-order valence-electron chi connectivity index (χ3n) is 5.71. The van der Waals surface area contributed by atoms with E-state index in [2.05, 4.69) is 5.32 Å². The molecule has 0 aliphatic rings. The minimum absolute atomic E-state index is 0.0703. The van der Waals surface area contributed by atoms with E-state index in [1.54, 1.807) is 49.4 Å². The molecule has 0 aliphatic heterocycles. The molecule has 0 saturated carbocycles. The highest BCUT2D eigenvalue weighted by molar-refractivity contribution is 7.93. The van der Waals surface area contributed by atoms with E-state index in [-0.39, 0.29) is 27.8 Å². The van der Waals surface area contributed by atoms with Crippen molar-refractivity contribution in [2.24, 2.45) is 0 Å². The summed E-state index contributed by atoms with van der Waals surface area (Å²) in [6.07, 6.45) is 0. The Labute approximate surface area is 223 Å². The number of carbonyl (C=O) groups is 1. The van der Waals surface area contributed by atoms with Gasteiger partial charge < -0.3 is 14.8 Å². The first-order chi connectivity index (χ1) is 17.9. The quantitative estimate of drug-likeness (QED) is 0.382. The van der Waals surface area contributed by atoms with Gasteiger partial charge in [-0.3, -0.25) is 9.10 Å². The zero-order chi connectivity index (χ0) is 28.1. The van der Waals surface area contributed by atoms with Gasteiger partial charge in [0.2, 0.25) is 15.9 Å². The summed E-state index contributed by atoms with van der Waals surface area (Å²) in [7, 11) is -2.09. The number of hydrogen-bond donors (Lipinski definition) is 1. The van der Waals surface area contributed by atoms with Gasteiger partial charge in [-0.2, -0.15) is 0 Å². The number of aryl methyl sites for hydroxylation is 1. The van der Waals surface area contributed by atoms with E-state index in [0.29, 0.717) is 16.9 Å². The van der Waals surface area contributed by atoms with Crippen LogP contribution in [0.2, 0.25) is 0 Å². The van der Waals surface area contributed by atoms with E-state index in [0.717, 1.165) is 8.61 Å². The lowest BCUT2D eigenvalue weighted by molar-refractivity contribution is -0.119. The normalized spacial score (nSPS) is 11.7. The molecule has 0 atom stereocenters. The van der Waals surface area contributed by atoms with Gasteiger partial charge >= 0.3 is 0 Å². The fourth-order valence-electron chi connectivity index (χ4n) is 3.56. The van der Waals surface area contributed by atoms with Crippen molar-refractivity contribution in [2.75, 3.05) is 39.2 Å². The van der Waals surface area contributed by atoms with Crippen LogP contribution in [0.5, 0.6) is 11.5 Å². The van der Waals surface area contributed by atoms with Gasteiger partial charge in [0.05, 0.1) is 24.8 Å². The lowest BCUT2D eigenvalue weighted by Gasteiger charge is -2.25. The zero-order valence-corrected chi connectivity index (χ0v) is 23.5. The average molecular weight is 562 g/mol. The Hall–Kier alpha value is -3.61.